The summed E-state index contributed by atoms with van der Waals surface area (Å²) in [6, 6.07) is 6.66. The molecular formula is C17H28N2O. The quantitative estimate of drug-likeness (QED) is 0.770. The lowest BCUT2D eigenvalue weighted by molar-refractivity contribution is 0.242. The topological polar surface area (TPSA) is 24.5 Å². The summed E-state index contributed by atoms with van der Waals surface area (Å²) < 4.78 is 6.04. The van der Waals surface area contributed by atoms with Gasteiger partial charge in [0.05, 0.1) is 11.8 Å². The first kappa shape index (κ1) is 15.2. The van der Waals surface area contributed by atoms with E-state index < -0.39 is 0 Å². The Morgan fingerprint density at radius 3 is 2.65 bits per heavy atom. The zero-order valence-electron chi connectivity index (χ0n) is 13.1. The molecule has 3 nitrogen and oxygen atoms in total. The second kappa shape index (κ2) is 7.53. The predicted molar refractivity (Wildman–Crippen MR) is 85.7 cm³/mol. The van der Waals surface area contributed by atoms with Crippen LogP contribution in [0.1, 0.15) is 45.6 Å². The fourth-order valence-electron chi connectivity index (χ4n) is 2.65. The number of hydrogen-bond donors (Lipinski definition) is 1. The van der Waals surface area contributed by atoms with Gasteiger partial charge in [0, 0.05) is 19.6 Å². The Morgan fingerprint density at radius 1 is 1.25 bits per heavy atom. The maximum Gasteiger partial charge on any atom is 0.143 e. The summed E-state index contributed by atoms with van der Waals surface area (Å²) >= 11 is 0. The number of rotatable bonds is 7. The highest BCUT2D eigenvalue weighted by molar-refractivity contribution is 5.60. The maximum absolute atomic E-state index is 6.04. The number of anilines is 1. The van der Waals surface area contributed by atoms with Crippen LogP contribution in [0.25, 0.3) is 0 Å². The maximum atomic E-state index is 6.04. The Balaban J connectivity index is 2.13. The first-order chi connectivity index (χ1) is 9.70. The Morgan fingerprint density at radius 2 is 2.00 bits per heavy atom. The SMILES string of the molecule is CCCNCc1ccc(N2CCCC2)c(OC(C)C)c1. The van der Waals surface area contributed by atoms with Crippen molar-refractivity contribution in [3.63, 3.8) is 0 Å². The molecule has 1 fully saturated rings. The fourth-order valence-corrected chi connectivity index (χ4v) is 2.65. The van der Waals surface area contributed by atoms with Crippen molar-refractivity contribution in [3.05, 3.63) is 23.8 Å². The Hall–Kier alpha value is -1.22. The Labute approximate surface area is 123 Å². The molecule has 0 radical (unpaired) electrons. The number of ether oxygens (including phenoxy) is 1. The van der Waals surface area contributed by atoms with Crippen LogP contribution in [0.15, 0.2) is 18.2 Å². The highest BCUT2D eigenvalue weighted by Gasteiger charge is 2.17. The minimum atomic E-state index is 0.218. The van der Waals surface area contributed by atoms with Gasteiger partial charge in [0.15, 0.2) is 0 Å². The van der Waals surface area contributed by atoms with E-state index in [1.807, 2.05) is 0 Å². The summed E-state index contributed by atoms with van der Waals surface area (Å²) in [4.78, 5) is 2.45. The lowest BCUT2D eigenvalue weighted by atomic mass is 10.1. The molecule has 0 spiro atoms. The highest BCUT2D eigenvalue weighted by atomic mass is 16.5. The van der Waals surface area contributed by atoms with E-state index in [1.165, 1.54) is 30.5 Å². The summed E-state index contributed by atoms with van der Waals surface area (Å²) in [5, 5.41) is 3.45. The van der Waals surface area contributed by atoms with Crippen LogP contribution in [0, 0.1) is 0 Å². The second-order valence-corrected chi connectivity index (χ2v) is 5.84. The van der Waals surface area contributed by atoms with Crippen LogP contribution in [0.3, 0.4) is 0 Å². The molecule has 1 aromatic carbocycles. The van der Waals surface area contributed by atoms with E-state index in [0.717, 1.165) is 31.9 Å². The van der Waals surface area contributed by atoms with Crippen molar-refractivity contribution < 1.29 is 4.74 Å². The normalized spacial score (nSPS) is 15.1. The number of hydrogen-bond acceptors (Lipinski definition) is 3. The molecule has 1 saturated heterocycles. The largest absolute Gasteiger partial charge is 0.489 e. The molecule has 0 bridgehead atoms. The van der Waals surface area contributed by atoms with Crippen LogP contribution < -0.4 is 15.0 Å². The Kier molecular flexibility index (Phi) is 5.72. The van der Waals surface area contributed by atoms with Crippen molar-refractivity contribution in [1.29, 1.82) is 0 Å². The zero-order valence-corrected chi connectivity index (χ0v) is 13.1. The van der Waals surface area contributed by atoms with Gasteiger partial charge in [0.1, 0.15) is 5.75 Å². The predicted octanol–water partition coefficient (Wildman–Crippen LogP) is 3.57. The van der Waals surface area contributed by atoms with Crippen LogP contribution in [-0.4, -0.2) is 25.7 Å². The molecule has 0 saturated carbocycles. The van der Waals surface area contributed by atoms with Gasteiger partial charge < -0.3 is 15.0 Å². The summed E-state index contributed by atoms with van der Waals surface area (Å²) in [5.41, 5.74) is 2.56. The van der Waals surface area contributed by atoms with Gasteiger partial charge in [-0.2, -0.15) is 0 Å². The molecule has 0 aromatic heterocycles. The molecule has 1 N–H and O–H groups in total. The van der Waals surface area contributed by atoms with E-state index in [1.54, 1.807) is 0 Å². The summed E-state index contributed by atoms with van der Waals surface area (Å²) in [6.45, 7) is 10.7. The zero-order chi connectivity index (χ0) is 14.4. The molecular weight excluding hydrogens is 248 g/mol. The van der Waals surface area contributed by atoms with Crippen LogP contribution in [-0.2, 0) is 6.54 Å². The van der Waals surface area contributed by atoms with Gasteiger partial charge in [-0.25, -0.2) is 0 Å². The third kappa shape index (κ3) is 4.14. The molecule has 112 valence electrons. The molecule has 0 amide bonds. The molecule has 2 rings (SSSR count). The smallest absolute Gasteiger partial charge is 0.143 e. The third-order valence-corrected chi connectivity index (χ3v) is 3.59. The fraction of sp³-hybridized carbons (Fsp3) is 0.647. The second-order valence-electron chi connectivity index (χ2n) is 5.84. The van der Waals surface area contributed by atoms with Gasteiger partial charge in [-0.1, -0.05) is 13.0 Å². The molecule has 0 aliphatic carbocycles. The van der Waals surface area contributed by atoms with Crippen molar-refractivity contribution >= 4 is 5.69 Å². The minimum Gasteiger partial charge on any atom is -0.489 e. The average Bonchev–Trinajstić information content (AvgIpc) is 2.92. The molecule has 20 heavy (non-hydrogen) atoms. The molecule has 1 aliphatic rings. The lowest BCUT2D eigenvalue weighted by Crippen LogP contribution is -2.20. The third-order valence-electron chi connectivity index (χ3n) is 3.59. The molecule has 0 atom stereocenters. The van der Waals surface area contributed by atoms with Crippen molar-refractivity contribution in [1.82, 2.24) is 5.32 Å². The minimum absolute atomic E-state index is 0.218. The summed E-state index contributed by atoms with van der Waals surface area (Å²) in [6.07, 6.45) is 3.97. The summed E-state index contributed by atoms with van der Waals surface area (Å²) in [7, 11) is 0. The standard InChI is InChI=1S/C17H28N2O/c1-4-9-18-13-15-7-8-16(19-10-5-6-11-19)17(12-15)20-14(2)3/h7-8,12,14,18H,4-6,9-11,13H2,1-3H3. The van der Waals surface area contributed by atoms with Gasteiger partial charge in [-0.05, 0) is 57.4 Å². The van der Waals surface area contributed by atoms with Gasteiger partial charge in [0.25, 0.3) is 0 Å². The van der Waals surface area contributed by atoms with E-state index in [4.69, 9.17) is 4.74 Å². The Bertz CT molecular complexity index is 411. The van der Waals surface area contributed by atoms with Crippen LogP contribution in [0.4, 0.5) is 5.69 Å². The number of nitrogens with one attached hydrogen (secondary N) is 1. The summed E-state index contributed by atoms with van der Waals surface area (Å²) in [5.74, 6) is 1.04. The van der Waals surface area contributed by atoms with E-state index in [-0.39, 0.29) is 6.10 Å². The lowest BCUT2D eigenvalue weighted by Gasteiger charge is -2.23. The van der Waals surface area contributed by atoms with E-state index >= 15 is 0 Å². The van der Waals surface area contributed by atoms with Crippen molar-refractivity contribution in [2.45, 2.75) is 52.7 Å². The molecule has 1 aliphatic heterocycles. The monoisotopic (exact) mass is 276 g/mol. The van der Waals surface area contributed by atoms with Crippen LogP contribution >= 0.6 is 0 Å². The molecule has 3 heteroatoms. The van der Waals surface area contributed by atoms with Gasteiger partial charge in [-0.15, -0.1) is 0 Å². The van der Waals surface area contributed by atoms with Crippen molar-refractivity contribution in [2.75, 3.05) is 24.5 Å². The van der Waals surface area contributed by atoms with Crippen LogP contribution in [0.5, 0.6) is 5.75 Å². The van der Waals surface area contributed by atoms with Gasteiger partial charge in [0.2, 0.25) is 0 Å². The first-order valence-electron chi connectivity index (χ1n) is 7.96. The van der Waals surface area contributed by atoms with E-state index in [2.05, 4.69) is 49.2 Å². The molecule has 0 unspecified atom stereocenters. The average molecular weight is 276 g/mol. The van der Waals surface area contributed by atoms with E-state index in [9.17, 15) is 0 Å². The number of nitrogens with zero attached hydrogens (tertiary/aromatic N) is 1. The van der Waals surface area contributed by atoms with Crippen molar-refractivity contribution in [3.8, 4) is 5.75 Å². The highest BCUT2D eigenvalue weighted by Crippen LogP contribution is 2.32. The van der Waals surface area contributed by atoms with Crippen LogP contribution in [0.2, 0.25) is 0 Å². The van der Waals surface area contributed by atoms with Gasteiger partial charge >= 0.3 is 0 Å². The first-order valence-corrected chi connectivity index (χ1v) is 7.96. The van der Waals surface area contributed by atoms with Crippen molar-refractivity contribution in [2.24, 2.45) is 0 Å². The van der Waals surface area contributed by atoms with Gasteiger partial charge in [-0.3, -0.25) is 0 Å². The van der Waals surface area contributed by atoms with E-state index in [0.29, 0.717) is 0 Å². The molecule has 1 aromatic rings. The molecule has 1 heterocycles. The number of benzene rings is 1.